The average Bonchev–Trinajstić information content (AvgIpc) is 2.83. The third-order valence-electron chi connectivity index (χ3n) is 4.68. The van der Waals surface area contributed by atoms with Gasteiger partial charge in [0.2, 0.25) is 5.91 Å². The molecule has 1 unspecified atom stereocenters. The van der Waals surface area contributed by atoms with Gasteiger partial charge in [-0.2, -0.15) is 11.8 Å². The van der Waals surface area contributed by atoms with Gasteiger partial charge in [-0.05, 0) is 42.7 Å². The molecule has 1 atom stereocenters. The number of aliphatic hydroxyl groups is 1. The van der Waals surface area contributed by atoms with E-state index in [0.717, 1.165) is 37.0 Å². The molecule has 1 aliphatic carbocycles. The Balaban J connectivity index is 1.72. The lowest BCUT2D eigenvalue weighted by molar-refractivity contribution is -0.131. The molecule has 5 heteroatoms. The number of halogens is 1. The van der Waals surface area contributed by atoms with Crippen LogP contribution < -0.4 is 5.32 Å². The Kier molecular flexibility index (Phi) is 4.21. The molecule has 1 amide bonds. The molecule has 1 aliphatic heterocycles. The highest BCUT2D eigenvalue weighted by Gasteiger charge is 2.46. The van der Waals surface area contributed by atoms with Crippen molar-refractivity contribution in [3.05, 3.63) is 34.9 Å². The number of hydrogen-bond donors (Lipinski definition) is 2. The van der Waals surface area contributed by atoms with E-state index in [1.807, 2.05) is 24.3 Å². The molecular weight excluding hydrogens is 306 g/mol. The zero-order valence-electron chi connectivity index (χ0n) is 11.9. The van der Waals surface area contributed by atoms with Crippen LogP contribution in [0.2, 0.25) is 5.02 Å². The van der Waals surface area contributed by atoms with Crippen molar-refractivity contribution < 1.29 is 9.90 Å². The van der Waals surface area contributed by atoms with Crippen molar-refractivity contribution in [2.45, 2.75) is 36.7 Å². The maximum absolute atomic E-state index is 12.7. The molecule has 3 rings (SSSR count). The summed E-state index contributed by atoms with van der Waals surface area (Å²) in [5, 5.41) is 14.0. The standard InChI is InChI=1S/C16H20ClNO2S/c17-13-4-1-3-12(9-13)16(5-2-6-16)14(19)18-10-15(20)7-8-21-11-15/h1,3-4,9,20H,2,5-8,10-11H2,(H,18,19). The summed E-state index contributed by atoms with van der Waals surface area (Å²) in [4.78, 5) is 12.7. The topological polar surface area (TPSA) is 49.3 Å². The van der Waals surface area contributed by atoms with Gasteiger partial charge in [0.1, 0.15) is 0 Å². The second-order valence-electron chi connectivity index (χ2n) is 6.16. The second kappa shape index (κ2) is 5.82. The largest absolute Gasteiger partial charge is 0.387 e. The maximum atomic E-state index is 12.7. The molecule has 1 aromatic carbocycles. The van der Waals surface area contributed by atoms with Crippen molar-refractivity contribution >= 4 is 29.3 Å². The van der Waals surface area contributed by atoms with Crippen molar-refractivity contribution in [1.29, 1.82) is 0 Å². The lowest BCUT2D eigenvalue weighted by Gasteiger charge is -2.41. The van der Waals surface area contributed by atoms with E-state index in [0.29, 0.717) is 17.3 Å². The van der Waals surface area contributed by atoms with Crippen LogP contribution >= 0.6 is 23.4 Å². The Bertz CT molecular complexity index is 539. The van der Waals surface area contributed by atoms with E-state index in [1.54, 1.807) is 11.8 Å². The first-order chi connectivity index (χ1) is 10.0. The number of thioether (sulfide) groups is 1. The first kappa shape index (κ1) is 15.2. The highest BCUT2D eigenvalue weighted by atomic mass is 35.5. The molecule has 1 saturated carbocycles. The number of nitrogens with one attached hydrogen (secondary N) is 1. The van der Waals surface area contributed by atoms with Crippen LogP contribution in [-0.2, 0) is 10.2 Å². The molecule has 1 heterocycles. The molecule has 1 aromatic rings. The molecule has 3 nitrogen and oxygen atoms in total. The van der Waals surface area contributed by atoms with E-state index in [4.69, 9.17) is 11.6 Å². The molecule has 2 fully saturated rings. The average molecular weight is 326 g/mol. The van der Waals surface area contributed by atoms with Crippen LogP contribution in [0.4, 0.5) is 0 Å². The van der Waals surface area contributed by atoms with Crippen LogP contribution in [0.1, 0.15) is 31.2 Å². The summed E-state index contributed by atoms with van der Waals surface area (Å²) >= 11 is 7.80. The molecule has 21 heavy (non-hydrogen) atoms. The Hall–Kier alpha value is -0.710. The van der Waals surface area contributed by atoms with Crippen LogP contribution in [-0.4, -0.2) is 34.7 Å². The zero-order valence-corrected chi connectivity index (χ0v) is 13.5. The van der Waals surface area contributed by atoms with E-state index in [9.17, 15) is 9.90 Å². The fourth-order valence-electron chi connectivity index (χ4n) is 3.11. The Morgan fingerprint density at radius 2 is 2.19 bits per heavy atom. The molecule has 2 N–H and O–H groups in total. The molecule has 114 valence electrons. The summed E-state index contributed by atoms with van der Waals surface area (Å²) in [5.74, 6) is 1.70. The van der Waals surface area contributed by atoms with Gasteiger partial charge < -0.3 is 10.4 Å². The number of carbonyl (C=O) groups is 1. The predicted molar refractivity (Wildman–Crippen MR) is 86.9 cm³/mol. The van der Waals surface area contributed by atoms with E-state index >= 15 is 0 Å². The minimum Gasteiger partial charge on any atom is -0.387 e. The first-order valence-corrected chi connectivity index (χ1v) is 8.92. The van der Waals surface area contributed by atoms with Crippen LogP contribution in [0, 0.1) is 0 Å². The third-order valence-corrected chi connectivity index (χ3v) is 6.15. The number of amides is 1. The first-order valence-electron chi connectivity index (χ1n) is 7.39. The quantitative estimate of drug-likeness (QED) is 0.895. The van der Waals surface area contributed by atoms with E-state index in [1.165, 1.54) is 0 Å². The van der Waals surface area contributed by atoms with Gasteiger partial charge >= 0.3 is 0 Å². The molecule has 1 saturated heterocycles. The summed E-state index contributed by atoms with van der Waals surface area (Å²) in [7, 11) is 0. The summed E-state index contributed by atoms with van der Waals surface area (Å²) < 4.78 is 0. The third kappa shape index (κ3) is 2.94. The highest BCUT2D eigenvalue weighted by Crippen LogP contribution is 2.44. The van der Waals surface area contributed by atoms with Gasteiger partial charge in [-0.25, -0.2) is 0 Å². The predicted octanol–water partition coefficient (Wildman–Crippen LogP) is 2.75. The van der Waals surface area contributed by atoms with E-state index < -0.39 is 11.0 Å². The van der Waals surface area contributed by atoms with Crippen molar-refractivity contribution in [2.24, 2.45) is 0 Å². The zero-order chi connectivity index (χ0) is 14.9. The molecule has 0 bridgehead atoms. The molecule has 0 aromatic heterocycles. The van der Waals surface area contributed by atoms with Gasteiger partial charge in [0.15, 0.2) is 0 Å². The highest BCUT2D eigenvalue weighted by molar-refractivity contribution is 7.99. The van der Waals surface area contributed by atoms with Crippen LogP contribution in [0.25, 0.3) is 0 Å². The van der Waals surface area contributed by atoms with Gasteiger partial charge in [0.05, 0.1) is 11.0 Å². The monoisotopic (exact) mass is 325 g/mol. The molecule has 2 aliphatic rings. The number of hydrogen-bond acceptors (Lipinski definition) is 3. The number of carbonyl (C=O) groups excluding carboxylic acids is 1. The van der Waals surface area contributed by atoms with Crippen molar-refractivity contribution in [1.82, 2.24) is 5.32 Å². The SMILES string of the molecule is O=C(NCC1(O)CCSC1)C1(c2cccc(Cl)c2)CCC1. The summed E-state index contributed by atoms with van der Waals surface area (Å²) in [5.41, 5.74) is -0.196. The Labute approximate surface area is 134 Å². The second-order valence-corrected chi connectivity index (χ2v) is 7.70. The van der Waals surface area contributed by atoms with Gasteiger partial charge in [0, 0.05) is 17.3 Å². The number of benzene rings is 1. The van der Waals surface area contributed by atoms with Crippen LogP contribution in [0.15, 0.2) is 24.3 Å². The molecular formula is C16H20ClNO2S. The van der Waals surface area contributed by atoms with Crippen molar-refractivity contribution in [2.75, 3.05) is 18.1 Å². The number of rotatable bonds is 4. The molecule has 0 spiro atoms. The fourth-order valence-corrected chi connectivity index (χ4v) is 4.60. The normalized spacial score (nSPS) is 27.1. The fraction of sp³-hybridized carbons (Fsp3) is 0.562. The summed E-state index contributed by atoms with van der Waals surface area (Å²) in [6, 6.07) is 7.59. The van der Waals surface area contributed by atoms with Gasteiger partial charge in [-0.1, -0.05) is 30.2 Å². The van der Waals surface area contributed by atoms with Crippen molar-refractivity contribution in [3.63, 3.8) is 0 Å². The van der Waals surface area contributed by atoms with Gasteiger partial charge in [-0.15, -0.1) is 0 Å². The maximum Gasteiger partial charge on any atom is 0.230 e. The molecule has 0 radical (unpaired) electrons. The lowest BCUT2D eigenvalue weighted by atomic mass is 9.63. The van der Waals surface area contributed by atoms with Crippen molar-refractivity contribution in [3.8, 4) is 0 Å². The summed E-state index contributed by atoms with van der Waals surface area (Å²) in [6.45, 7) is 0.348. The van der Waals surface area contributed by atoms with Gasteiger partial charge in [-0.3, -0.25) is 4.79 Å². The summed E-state index contributed by atoms with van der Waals surface area (Å²) in [6.07, 6.45) is 3.51. The Morgan fingerprint density at radius 1 is 1.38 bits per heavy atom. The van der Waals surface area contributed by atoms with Crippen LogP contribution in [0.5, 0.6) is 0 Å². The smallest absolute Gasteiger partial charge is 0.230 e. The van der Waals surface area contributed by atoms with Crippen LogP contribution in [0.3, 0.4) is 0 Å². The van der Waals surface area contributed by atoms with E-state index in [2.05, 4.69) is 5.32 Å². The lowest BCUT2D eigenvalue weighted by Crippen LogP contribution is -2.53. The van der Waals surface area contributed by atoms with E-state index in [-0.39, 0.29) is 5.91 Å². The Morgan fingerprint density at radius 3 is 2.76 bits per heavy atom. The van der Waals surface area contributed by atoms with Gasteiger partial charge in [0.25, 0.3) is 0 Å². The minimum absolute atomic E-state index is 0.0290. The minimum atomic E-state index is -0.737.